The zero-order valence-electron chi connectivity index (χ0n) is 14.0. The first kappa shape index (κ1) is 17.0. The van der Waals surface area contributed by atoms with Gasteiger partial charge in [0.15, 0.2) is 0 Å². The van der Waals surface area contributed by atoms with Gasteiger partial charge in [0.05, 0.1) is 6.61 Å². The molecule has 0 spiro atoms. The molecule has 1 N–H and O–H groups in total. The predicted molar refractivity (Wildman–Crippen MR) is 90.2 cm³/mol. The summed E-state index contributed by atoms with van der Waals surface area (Å²) in [6.45, 7) is 7.94. The van der Waals surface area contributed by atoms with Crippen LogP contribution in [0.3, 0.4) is 0 Å². The van der Waals surface area contributed by atoms with Gasteiger partial charge in [-0.1, -0.05) is 25.1 Å². The quantitative estimate of drug-likeness (QED) is 0.842. The Morgan fingerprint density at radius 2 is 2.27 bits per heavy atom. The lowest BCUT2D eigenvalue weighted by molar-refractivity contribution is -0.116. The summed E-state index contributed by atoms with van der Waals surface area (Å²) in [4.78, 5) is 14.6. The minimum Gasteiger partial charge on any atom is -0.384 e. The molecule has 22 heavy (non-hydrogen) atoms. The summed E-state index contributed by atoms with van der Waals surface area (Å²) in [6, 6.07) is 6.17. The summed E-state index contributed by atoms with van der Waals surface area (Å²) in [7, 11) is 1.75. The fourth-order valence-electron chi connectivity index (χ4n) is 3.15. The van der Waals surface area contributed by atoms with E-state index in [1.54, 1.807) is 7.11 Å². The van der Waals surface area contributed by atoms with Crippen molar-refractivity contribution in [3.05, 3.63) is 29.3 Å². The van der Waals surface area contributed by atoms with E-state index in [0.29, 0.717) is 12.3 Å². The molecule has 1 aromatic carbocycles. The van der Waals surface area contributed by atoms with Gasteiger partial charge in [-0.25, -0.2) is 0 Å². The Labute approximate surface area is 133 Å². The minimum absolute atomic E-state index is 0.110. The second-order valence-electron chi connectivity index (χ2n) is 6.17. The lowest BCUT2D eigenvalue weighted by Gasteiger charge is -2.17. The lowest BCUT2D eigenvalue weighted by atomic mass is 10.1. The highest BCUT2D eigenvalue weighted by Gasteiger charge is 2.22. The monoisotopic (exact) mass is 304 g/mol. The molecule has 0 bridgehead atoms. The molecule has 0 aliphatic carbocycles. The average Bonchev–Trinajstić information content (AvgIpc) is 2.95. The van der Waals surface area contributed by atoms with Crippen LogP contribution in [0.5, 0.6) is 0 Å². The number of aryl methyl sites for hydroxylation is 2. The van der Waals surface area contributed by atoms with Crippen LogP contribution in [0.4, 0.5) is 5.69 Å². The van der Waals surface area contributed by atoms with Crippen LogP contribution in [-0.4, -0.2) is 44.2 Å². The molecule has 0 aromatic heterocycles. The Balaban J connectivity index is 1.82. The highest BCUT2D eigenvalue weighted by Crippen LogP contribution is 2.21. The van der Waals surface area contributed by atoms with Crippen LogP contribution in [0.1, 0.15) is 30.9 Å². The van der Waals surface area contributed by atoms with Crippen molar-refractivity contribution >= 4 is 11.6 Å². The summed E-state index contributed by atoms with van der Waals surface area (Å²) in [5, 5.41) is 3.10. The number of hydrogen-bond acceptors (Lipinski definition) is 3. The molecule has 0 radical (unpaired) electrons. The number of ether oxygens (including phenoxy) is 1. The Morgan fingerprint density at radius 3 is 3.00 bits per heavy atom. The molecule has 0 saturated carbocycles. The van der Waals surface area contributed by atoms with Crippen LogP contribution in [0.15, 0.2) is 18.2 Å². The maximum atomic E-state index is 12.2. The van der Waals surface area contributed by atoms with Crippen molar-refractivity contribution in [3.8, 4) is 0 Å². The number of nitrogens with one attached hydrogen (secondary N) is 1. The number of carbonyl (C=O) groups excluding carboxylic acids is 1. The molecule has 1 atom stereocenters. The smallest absolute Gasteiger partial charge is 0.225 e. The van der Waals surface area contributed by atoms with Crippen LogP contribution in [0, 0.1) is 12.8 Å². The zero-order chi connectivity index (χ0) is 15.9. The lowest BCUT2D eigenvalue weighted by Crippen LogP contribution is -2.26. The molecule has 1 fully saturated rings. The van der Waals surface area contributed by atoms with Crippen molar-refractivity contribution in [1.82, 2.24) is 4.90 Å². The Bertz CT molecular complexity index is 502. The minimum atomic E-state index is 0.110. The van der Waals surface area contributed by atoms with Gasteiger partial charge in [-0.05, 0) is 43.4 Å². The molecule has 1 amide bonds. The van der Waals surface area contributed by atoms with Gasteiger partial charge in [0.25, 0.3) is 0 Å². The van der Waals surface area contributed by atoms with Gasteiger partial charge in [0.2, 0.25) is 5.91 Å². The maximum absolute atomic E-state index is 12.2. The fraction of sp³-hybridized carbons (Fsp3) is 0.611. The maximum Gasteiger partial charge on any atom is 0.225 e. The number of amides is 1. The number of hydrogen-bond donors (Lipinski definition) is 1. The molecule has 1 saturated heterocycles. The Kier molecular flexibility index (Phi) is 6.40. The molecule has 122 valence electrons. The van der Waals surface area contributed by atoms with Crippen LogP contribution in [0.25, 0.3) is 0 Å². The number of methoxy groups -OCH3 is 1. The van der Waals surface area contributed by atoms with E-state index >= 15 is 0 Å². The second-order valence-corrected chi connectivity index (χ2v) is 6.17. The molecular weight excluding hydrogens is 276 g/mol. The van der Waals surface area contributed by atoms with E-state index in [-0.39, 0.29) is 5.91 Å². The topological polar surface area (TPSA) is 41.6 Å². The Morgan fingerprint density at radius 1 is 1.45 bits per heavy atom. The third kappa shape index (κ3) is 4.55. The third-order valence-corrected chi connectivity index (χ3v) is 4.43. The van der Waals surface area contributed by atoms with Crippen LogP contribution >= 0.6 is 0 Å². The first-order valence-electron chi connectivity index (χ1n) is 8.23. The second kappa shape index (κ2) is 8.30. The van der Waals surface area contributed by atoms with Gasteiger partial charge in [-0.15, -0.1) is 0 Å². The largest absolute Gasteiger partial charge is 0.384 e. The summed E-state index contributed by atoms with van der Waals surface area (Å²) in [6.07, 6.45) is 2.66. The van der Waals surface area contributed by atoms with Crippen molar-refractivity contribution in [1.29, 1.82) is 0 Å². The Hall–Kier alpha value is -1.39. The van der Waals surface area contributed by atoms with Gasteiger partial charge in [0.1, 0.15) is 0 Å². The van der Waals surface area contributed by atoms with Gasteiger partial charge in [-0.2, -0.15) is 0 Å². The van der Waals surface area contributed by atoms with Crippen LogP contribution in [0.2, 0.25) is 0 Å². The number of nitrogens with zero attached hydrogens (tertiary/aromatic N) is 1. The number of anilines is 1. The van der Waals surface area contributed by atoms with Crippen LogP contribution < -0.4 is 5.32 Å². The van der Waals surface area contributed by atoms with E-state index < -0.39 is 0 Å². The van der Waals surface area contributed by atoms with E-state index in [0.717, 1.165) is 43.9 Å². The molecule has 1 aliphatic rings. The normalized spacial score (nSPS) is 18.6. The van der Waals surface area contributed by atoms with Crippen LogP contribution in [-0.2, 0) is 16.0 Å². The summed E-state index contributed by atoms with van der Waals surface area (Å²) >= 11 is 0. The molecule has 0 unspecified atom stereocenters. The molecule has 4 heteroatoms. The fourth-order valence-corrected chi connectivity index (χ4v) is 3.15. The van der Waals surface area contributed by atoms with E-state index in [2.05, 4.69) is 23.2 Å². The highest BCUT2D eigenvalue weighted by atomic mass is 16.5. The number of rotatable bonds is 7. The van der Waals surface area contributed by atoms with Gasteiger partial charge < -0.3 is 15.0 Å². The van der Waals surface area contributed by atoms with Gasteiger partial charge in [0, 0.05) is 32.3 Å². The summed E-state index contributed by atoms with van der Waals surface area (Å²) < 4.78 is 5.21. The summed E-state index contributed by atoms with van der Waals surface area (Å²) in [5.41, 5.74) is 3.33. The highest BCUT2D eigenvalue weighted by molar-refractivity contribution is 5.92. The molecular formula is C18H28N2O2. The number of para-hydroxylation sites is 1. The molecule has 1 heterocycles. The van der Waals surface area contributed by atoms with Gasteiger partial charge >= 0.3 is 0 Å². The van der Waals surface area contributed by atoms with E-state index in [4.69, 9.17) is 4.74 Å². The van der Waals surface area contributed by atoms with E-state index in [9.17, 15) is 4.79 Å². The first-order chi connectivity index (χ1) is 10.6. The number of likely N-dealkylation sites (tertiary alicyclic amines) is 1. The standard InChI is InChI=1S/C18H28N2O2/c1-4-16-7-5-6-14(2)18(16)19-17(21)9-11-20-10-8-15(12-20)13-22-3/h5-7,15H,4,8-13H2,1-3H3,(H,19,21)/t15-/m1/s1. The van der Waals surface area contributed by atoms with Crippen molar-refractivity contribution in [2.75, 3.05) is 38.7 Å². The SMILES string of the molecule is CCc1cccc(C)c1NC(=O)CCN1CC[C@@H](COC)C1. The van der Waals surface area contributed by atoms with E-state index in [1.165, 1.54) is 12.0 Å². The number of benzene rings is 1. The predicted octanol–water partition coefficient (Wildman–Crippen LogP) is 2.85. The van der Waals surface area contributed by atoms with Crippen molar-refractivity contribution in [2.24, 2.45) is 5.92 Å². The molecule has 4 nitrogen and oxygen atoms in total. The van der Waals surface area contributed by atoms with Gasteiger partial charge in [-0.3, -0.25) is 4.79 Å². The molecule has 1 aromatic rings. The van der Waals surface area contributed by atoms with Crippen molar-refractivity contribution < 1.29 is 9.53 Å². The third-order valence-electron chi connectivity index (χ3n) is 4.43. The molecule has 2 rings (SSSR count). The number of carbonyl (C=O) groups is 1. The van der Waals surface area contributed by atoms with Crippen molar-refractivity contribution in [3.63, 3.8) is 0 Å². The van der Waals surface area contributed by atoms with Crippen molar-refractivity contribution in [2.45, 2.75) is 33.1 Å². The molecule has 1 aliphatic heterocycles. The van der Waals surface area contributed by atoms with E-state index in [1.807, 2.05) is 19.1 Å². The first-order valence-corrected chi connectivity index (χ1v) is 8.23. The summed E-state index contributed by atoms with van der Waals surface area (Å²) in [5.74, 6) is 0.732. The average molecular weight is 304 g/mol. The zero-order valence-corrected chi connectivity index (χ0v) is 14.0.